The molecule has 6 nitrogen and oxygen atoms in total. The minimum atomic E-state index is -0.0311. The lowest BCUT2D eigenvalue weighted by atomic mass is 10.2. The summed E-state index contributed by atoms with van der Waals surface area (Å²) in [5.74, 6) is -0.0311. The Bertz CT molecular complexity index is 838. The molecule has 0 spiro atoms. The molecule has 4 rings (SSSR count). The topological polar surface area (TPSA) is 63.1 Å². The molecule has 0 radical (unpaired) electrons. The van der Waals surface area contributed by atoms with Gasteiger partial charge in [-0.2, -0.15) is 0 Å². The predicted molar refractivity (Wildman–Crippen MR) is 98.4 cm³/mol. The zero-order valence-electron chi connectivity index (χ0n) is 14.0. The quantitative estimate of drug-likeness (QED) is 0.738. The van der Waals surface area contributed by atoms with Crippen molar-refractivity contribution >= 4 is 28.3 Å². The van der Waals surface area contributed by atoms with Crippen LogP contribution in [0, 0.1) is 0 Å². The maximum atomic E-state index is 12.4. The fourth-order valence-electron chi connectivity index (χ4n) is 3.38. The second-order valence-electron chi connectivity index (χ2n) is 6.31. The van der Waals surface area contributed by atoms with Gasteiger partial charge in [0.1, 0.15) is 12.1 Å². The molecule has 25 heavy (non-hydrogen) atoms. The Morgan fingerprint density at radius 2 is 2.04 bits per heavy atom. The average Bonchev–Trinajstić information content (AvgIpc) is 3.38. The van der Waals surface area contributed by atoms with Crippen LogP contribution in [0.25, 0.3) is 11.0 Å². The van der Waals surface area contributed by atoms with Crippen molar-refractivity contribution in [2.45, 2.75) is 25.4 Å². The van der Waals surface area contributed by atoms with E-state index < -0.39 is 0 Å². The fraction of sp³-hybridized carbons (Fsp3) is 0.389. The van der Waals surface area contributed by atoms with Gasteiger partial charge in [-0.15, -0.1) is 16.4 Å². The van der Waals surface area contributed by atoms with Crippen molar-refractivity contribution in [3.8, 4) is 0 Å². The summed E-state index contributed by atoms with van der Waals surface area (Å²) in [5, 5.41) is 13.4. The minimum Gasteiger partial charge on any atom is -0.353 e. The van der Waals surface area contributed by atoms with Gasteiger partial charge in [-0.3, -0.25) is 9.69 Å². The number of carbonyl (C=O) groups excluding carboxylic acids is 1. The van der Waals surface area contributed by atoms with Crippen LogP contribution >= 0.6 is 11.3 Å². The number of nitrogens with zero attached hydrogens (tertiary/aromatic N) is 4. The Hall–Kier alpha value is -2.25. The van der Waals surface area contributed by atoms with E-state index in [2.05, 4.69) is 38.0 Å². The average molecular weight is 355 g/mol. The second kappa shape index (κ2) is 7.33. The highest BCUT2D eigenvalue weighted by molar-refractivity contribution is 7.10. The van der Waals surface area contributed by atoms with Gasteiger partial charge >= 0.3 is 0 Å². The van der Waals surface area contributed by atoms with Crippen molar-refractivity contribution in [1.82, 2.24) is 25.2 Å². The number of fused-ring (bicyclic) bond motifs is 1. The van der Waals surface area contributed by atoms with Crippen LogP contribution in [0.15, 0.2) is 41.8 Å². The molecule has 0 saturated carbocycles. The van der Waals surface area contributed by atoms with Gasteiger partial charge in [0, 0.05) is 11.4 Å². The Morgan fingerprint density at radius 3 is 2.84 bits per heavy atom. The summed E-state index contributed by atoms with van der Waals surface area (Å²) in [7, 11) is 0. The number of nitrogens with one attached hydrogen (secondary N) is 1. The molecular weight excluding hydrogens is 334 g/mol. The highest BCUT2D eigenvalue weighted by Gasteiger charge is 2.24. The highest BCUT2D eigenvalue weighted by atomic mass is 32.1. The van der Waals surface area contributed by atoms with Gasteiger partial charge in [0.05, 0.1) is 11.6 Å². The van der Waals surface area contributed by atoms with E-state index in [0.717, 1.165) is 24.1 Å². The Labute approximate surface area is 150 Å². The standard InChI is InChI=1S/C18H21N5OS/c24-18(13-23-15-7-2-1-6-14(15)20-21-23)19-12-16(17-8-5-11-25-17)22-9-3-4-10-22/h1-2,5-8,11,16H,3-4,9-10,12-13H2,(H,19,24). The first-order valence-electron chi connectivity index (χ1n) is 8.63. The Morgan fingerprint density at radius 1 is 1.20 bits per heavy atom. The van der Waals surface area contributed by atoms with Crippen LogP contribution in [0.3, 0.4) is 0 Å². The van der Waals surface area contributed by atoms with Gasteiger partial charge < -0.3 is 5.32 Å². The number of thiophene rings is 1. The lowest BCUT2D eigenvalue weighted by Gasteiger charge is -2.26. The molecule has 1 N–H and O–H groups in total. The normalized spacial score (nSPS) is 16.3. The third-order valence-corrected chi connectivity index (χ3v) is 5.63. The van der Waals surface area contributed by atoms with Crippen LogP contribution in [-0.2, 0) is 11.3 Å². The summed E-state index contributed by atoms with van der Waals surface area (Å²) in [6, 6.07) is 12.2. The number of amides is 1. The van der Waals surface area contributed by atoms with Crippen LogP contribution < -0.4 is 5.32 Å². The molecule has 1 aliphatic heterocycles. The van der Waals surface area contributed by atoms with Crippen LogP contribution in [0.1, 0.15) is 23.8 Å². The van der Waals surface area contributed by atoms with E-state index in [-0.39, 0.29) is 18.5 Å². The van der Waals surface area contributed by atoms with Crippen LogP contribution in [0.4, 0.5) is 0 Å². The molecule has 1 atom stereocenters. The zero-order chi connectivity index (χ0) is 17.1. The van der Waals surface area contributed by atoms with Gasteiger partial charge in [0.2, 0.25) is 5.91 Å². The van der Waals surface area contributed by atoms with E-state index in [1.807, 2.05) is 24.3 Å². The van der Waals surface area contributed by atoms with E-state index in [1.54, 1.807) is 16.0 Å². The number of para-hydroxylation sites is 1. The molecule has 1 fully saturated rings. The van der Waals surface area contributed by atoms with E-state index in [0.29, 0.717) is 6.54 Å². The predicted octanol–water partition coefficient (Wildman–Crippen LogP) is 2.45. The van der Waals surface area contributed by atoms with Crippen LogP contribution in [0.2, 0.25) is 0 Å². The van der Waals surface area contributed by atoms with Crippen molar-refractivity contribution in [2.75, 3.05) is 19.6 Å². The first-order chi connectivity index (χ1) is 12.3. The SMILES string of the molecule is O=C(Cn1nnc2ccccc21)NCC(c1cccs1)N1CCCC1. The summed E-state index contributed by atoms with van der Waals surface area (Å²) in [4.78, 5) is 16.2. The molecule has 1 unspecified atom stereocenters. The zero-order valence-corrected chi connectivity index (χ0v) is 14.8. The number of likely N-dealkylation sites (tertiary alicyclic amines) is 1. The first kappa shape index (κ1) is 16.2. The summed E-state index contributed by atoms with van der Waals surface area (Å²) in [6.07, 6.45) is 2.47. The third-order valence-electron chi connectivity index (χ3n) is 4.66. The summed E-state index contributed by atoms with van der Waals surface area (Å²) in [6.45, 7) is 3.03. The maximum absolute atomic E-state index is 12.4. The first-order valence-corrected chi connectivity index (χ1v) is 9.51. The minimum absolute atomic E-state index is 0.0311. The Kier molecular flexibility index (Phi) is 4.76. The van der Waals surface area contributed by atoms with Crippen LogP contribution in [-0.4, -0.2) is 45.4 Å². The number of aromatic nitrogens is 3. The van der Waals surface area contributed by atoms with E-state index in [9.17, 15) is 4.79 Å². The van der Waals surface area contributed by atoms with Gasteiger partial charge in [0.25, 0.3) is 0 Å². The van der Waals surface area contributed by atoms with Crippen molar-refractivity contribution in [1.29, 1.82) is 0 Å². The maximum Gasteiger partial charge on any atom is 0.241 e. The molecule has 1 aliphatic rings. The van der Waals surface area contributed by atoms with Gasteiger partial charge in [-0.1, -0.05) is 23.4 Å². The highest BCUT2D eigenvalue weighted by Crippen LogP contribution is 2.27. The van der Waals surface area contributed by atoms with Gasteiger partial charge in [-0.05, 0) is 49.5 Å². The summed E-state index contributed by atoms with van der Waals surface area (Å²) < 4.78 is 1.65. The molecule has 0 bridgehead atoms. The number of carbonyl (C=O) groups is 1. The molecule has 0 aliphatic carbocycles. The lowest BCUT2D eigenvalue weighted by Crippen LogP contribution is -2.37. The number of rotatable bonds is 6. The third kappa shape index (κ3) is 3.57. The molecular formula is C18H21N5OS. The Balaban J connectivity index is 1.41. The number of benzene rings is 1. The molecule has 7 heteroatoms. The second-order valence-corrected chi connectivity index (χ2v) is 7.29. The van der Waals surface area contributed by atoms with Crippen molar-refractivity contribution in [3.63, 3.8) is 0 Å². The lowest BCUT2D eigenvalue weighted by molar-refractivity contribution is -0.122. The van der Waals surface area contributed by atoms with E-state index in [4.69, 9.17) is 0 Å². The summed E-state index contributed by atoms with van der Waals surface area (Å²) >= 11 is 1.76. The van der Waals surface area contributed by atoms with Gasteiger partial charge in [0.15, 0.2) is 0 Å². The molecule has 3 heterocycles. The van der Waals surface area contributed by atoms with E-state index >= 15 is 0 Å². The smallest absolute Gasteiger partial charge is 0.241 e. The van der Waals surface area contributed by atoms with Crippen molar-refractivity contribution in [2.24, 2.45) is 0 Å². The molecule has 2 aromatic heterocycles. The van der Waals surface area contributed by atoms with Crippen molar-refractivity contribution < 1.29 is 4.79 Å². The molecule has 3 aromatic rings. The number of hydrogen-bond acceptors (Lipinski definition) is 5. The molecule has 130 valence electrons. The van der Waals surface area contributed by atoms with Crippen LogP contribution in [0.5, 0.6) is 0 Å². The molecule has 1 aromatic carbocycles. The molecule has 1 saturated heterocycles. The van der Waals surface area contributed by atoms with E-state index in [1.165, 1.54) is 17.7 Å². The number of hydrogen-bond donors (Lipinski definition) is 1. The van der Waals surface area contributed by atoms with Crippen molar-refractivity contribution in [3.05, 3.63) is 46.7 Å². The molecule has 1 amide bonds. The van der Waals surface area contributed by atoms with Gasteiger partial charge in [-0.25, -0.2) is 4.68 Å². The fourth-order valence-corrected chi connectivity index (χ4v) is 4.24. The summed E-state index contributed by atoms with van der Waals surface area (Å²) in [5.41, 5.74) is 1.69. The monoisotopic (exact) mass is 355 g/mol. The largest absolute Gasteiger partial charge is 0.353 e.